The number of aromatic nitrogens is 2. The SMILES string of the molecule is CCCCNc1ncnc(NCCN2CCOCC2)c1N. The van der Waals surface area contributed by atoms with Gasteiger partial charge in [0, 0.05) is 32.7 Å². The first-order chi connectivity index (χ1) is 10.3. The minimum atomic E-state index is 0.593. The van der Waals surface area contributed by atoms with Crippen LogP contribution in [0.5, 0.6) is 0 Å². The number of nitrogens with one attached hydrogen (secondary N) is 2. The molecule has 0 aliphatic carbocycles. The average molecular weight is 294 g/mol. The Morgan fingerprint density at radius 2 is 1.86 bits per heavy atom. The summed E-state index contributed by atoms with van der Waals surface area (Å²) in [4.78, 5) is 10.8. The summed E-state index contributed by atoms with van der Waals surface area (Å²) in [6.07, 6.45) is 3.79. The second-order valence-corrected chi connectivity index (χ2v) is 5.15. The second-order valence-electron chi connectivity index (χ2n) is 5.15. The first-order valence-electron chi connectivity index (χ1n) is 7.69. The number of rotatable bonds is 8. The molecule has 1 aliphatic heterocycles. The van der Waals surface area contributed by atoms with Gasteiger partial charge in [-0.15, -0.1) is 0 Å². The number of nitrogens with two attached hydrogens (primary N) is 1. The number of nitrogens with zero attached hydrogens (tertiary/aromatic N) is 3. The summed E-state index contributed by atoms with van der Waals surface area (Å²) in [5.74, 6) is 1.42. The molecule has 0 spiro atoms. The molecule has 0 aromatic carbocycles. The van der Waals surface area contributed by atoms with E-state index in [2.05, 4.69) is 32.4 Å². The lowest BCUT2D eigenvalue weighted by Gasteiger charge is -2.26. The Labute approximate surface area is 126 Å². The topological polar surface area (TPSA) is 88.3 Å². The first kappa shape index (κ1) is 15.8. The van der Waals surface area contributed by atoms with E-state index < -0.39 is 0 Å². The monoisotopic (exact) mass is 294 g/mol. The highest BCUT2D eigenvalue weighted by molar-refractivity contribution is 5.73. The van der Waals surface area contributed by atoms with Crippen molar-refractivity contribution >= 4 is 17.3 Å². The number of morpholine rings is 1. The maximum atomic E-state index is 6.10. The van der Waals surface area contributed by atoms with Crippen molar-refractivity contribution < 1.29 is 4.74 Å². The fourth-order valence-electron chi connectivity index (χ4n) is 2.22. The van der Waals surface area contributed by atoms with Crippen LogP contribution in [0.2, 0.25) is 0 Å². The van der Waals surface area contributed by atoms with Crippen molar-refractivity contribution in [1.82, 2.24) is 14.9 Å². The molecule has 118 valence electrons. The molecule has 2 heterocycles. The van der Waals surface area contributed by atoms with Gasteiger partial charge in [0.2, 0.25) is 0 Å². The molecule has 7 heteroatoms. The summed E-state index contributed by atoms with van der Waals surface area (Å²) in [6.45, 7) is 8.44. The number of nitrogen functional groups attached to an aromatic ring is 1. The van der Waals surface area contributed by atoms with Gasteiger partial charge in [-0.2, -0.15) is 0 Å². The van der Waals surface area contributed by atoms with E-state index in [1.54, 1.807) is 6.33 Å². The molecule has 0 atom stereocenters. The van der Waals surface area contributed by atoms with Crippen molar-refractivity contribution in [2.75, 3.05) is 62.3 Å². The average Bonchev–Trinajstić information content (AvgIpc) is 2.52. The Morgan fingerprint density at radius 1 is 1.19 bits per heavy atom. The molecule has 1 saturated heterocycles. The van der Waals surface area contributed by atoms with Crippen molar-refractivity contribution in [3.05, 3.63) is 6.33 Å². The second kappa shape index (κ2) is 8.63. The van der Waals surface area contributed by atoms with Crippen molar-refractivity contribution in [3.63, 3.8) is 0 Å². The predicted octanol–water partition coefficient (Wildman–Crippen LogP) is 1.01. The van der Waals surface area contributed by atoms with Crippen LogP contribution in [0.15, 0.2) is 6.33 Å². The van der Waals surface area contributed by atoms with Gasteiger partial charge in [0.15, 0.2) is 11.6 Å². The summed E-state index contributed by atoms with van der Waals surface area (Å²) >= 11 is 0. The maximum absolute atomic E-state index is 6.10. The van der Waals surface area contributed by atoms with Gasteiger partial charge in [-0.25, -0.2) is 9.97 Å². The maximum Gasteiger partial charge on any atom is 0.154 e. The molecule has 0 unspecified atom stereocenters. The Morgan fingerprint density at radius 3 is 2.52 bits per heavy atom. The lowest BCUT2D eigenvalue weighted by atomic mass is 10.3. The van der Waals surface area contributed by atoms with Gasteiger partial charge in [0.25, 0.3) is 0 Å². The van der Waals surface area contributed by atoms with Crippen LogP contribution in [0, 0.1) is 0 Å². The van der Waals surface area contributed by atoms with Gasteiger partial charge >= 0.3 is 0 Å². The molecule has 1 aromatic heterocycles. The van der Waals surface area contributed by atoms with Crippen LogP contribution < -0.4 is 16.4 Å². The van der Waals surface area contributed by atoms with Crippen molar-refractivity contribution in [2.24, 2.45) is 0 Å². The fourth-order valence-corrected chi connectivity index (χ4v) is 2.22. The van der Waals surface area contributed by atoms with Crippen molar-refractivity contribution in [2.45, 2.75) is 19.8 Å². The Balaban J connectivity index is 1.80. The number of anilines is 3. The largest absolute Gasteiger partial charge is 0.393 e. The quantitative estimate of drug-likeness (QED) is 0.617. The molecule has 1 aliphatic rings. The molecular formula is C14H26N6O. The smallest absolute Gasteiger partial charge is 0.154 e. The van der Waals surface area contributed by atoms with E-state index in [1.807, 2.05) is 0 Å². The minimum absolute atomic E-state index is 0.593. The van der Waals surface area contributed by atoms with Gasteiger partial charge in [0.1, 0.15) is 12.0 Å². The number of ether oxygens (including phenoxy) is 1. The van der Waals surface area contributed by atoms with Crippen LogP contribution in [-0.4, -0.2) is 60.8 Å². The van der Waals surface area contributed by atoms with Gasteiger partial charge in [-0.3, -0.25) is 4.90 Å². The fraction of sp³-hybridized carbons (Fsp3) is 0.714. The molecule has 4 N–H and O–H groups in total. The summed E-state index contributed by atoms with van der Waals surface area (Å²) in [7, 11) is 0. The molecule has 0 amide bonds. The molecule has 0 bridgehead atoms. The lowest BCUT2D eigenvalue weighted by molar-refractivity contribution is 0.0398. The van der Waals surface area contributed by atoms with Crippen LogP contribution in [0.3, 0.4) is 0 Å². The summed E-state index contributed by atoms with van der Waals surface area (Å²) in [5, 5.41) is 6.54. The van der Waals surface area contributed by atoms with Crippen LogP contribution >= 0.6 is 0 Å². The third-order valence-corrected chi connectivity index (χ3v) is 3.53. The summed E-state index contributed by atoms with van der Waals surface area (Å²) in [6, 6.07) is 0. The van der Waals surface area contributed by atoms with Crippen molar-refractivity contribution in [3.8, 4) is 0 Å². The summed E-state index contributed by atoms with van der Waals surface area (Å²) < 4.78 is 5.33. The third-order valence-electron chi connectivity index (χ3n) is 3.53. The van der Waals surface area contributed by atoms with Gasteiger partial charge in [-0.05, 0) is 6.42 Å². The van der Waals surface area contributed by atoms with Crippen LogP contribution in [0.1, 0.15) is 19.8 Å². The lowest BCUT2D eigenvalue weighted by Crippen LogP contribution is -2.39. The van der Waals surface area contributed by atoms with Gasteiger partial charge in [0.05, 0.1) is 13.2 Å². The van der Waals surface area contributed by atoms with E-state index in [4.69, 9.17) is 10.5 Å². The highest BCUT2D eigenvalue weighted by Gasteiger charge is 2.11. The van der Waals surface area contributed by atoms with Crippen LogP contribution in [0.4, 0.5) is 17.3 Å². The molecule has 1 fully saturated rings. The Hall–Kier alpha value is -1.60. The van der Waals surface area contributed by atoms with E-state index in [-0.39, 0.29) is 0 Å². The number of hydrogen-bond donors (Lipinski definition) is 3. The number of hydrogen-bond acceptors (Lipinski definition) is 7. The molecule has 21 heavy (non-hydrogen) atoms. The molecule has 2 rings (SSSR count). The molecular weight excluding hydrogens is 268 g/mol. The molecule has 7 nitrogen and oxygen atoms in total. The van der Waals surface area contributed by atoms with Crippen LogP contribution in [-0.2, 0) is 4.74 Å². The first-order valence-corrected chi connectivity index (χ1v) is 7.69. The highest BCUT2D eigenvalue weighted by Crippen LogP contribution is 2.22. The summed E-state index contributed by atoms with van der Waals surface area (Å²) in [5.41, 5.74) is 6.69. The van der Waals surface area contributed by atoms with E-state index in [1.165, 1.54) is 0 Å². The Bertz CT molecular complexity index is 422. The van der Waals surface area contributed by atoms with E-state index in [0.29, 0.717) is 17.3 Å². The molecule has 0 radical (unpaired) electrons. The zero-order chi connectivity index (χ0) is 14.9. The van der Waals surface area contributed by atoms with E-state index in [9.17, 15) is 0 Å². The van der Waals surface area contributed by atoms with Gasteiger partial charge in [-0.1, -0.05) is 13.3 Å². The minimum Gasteiger partial charge on any atom is -0.393 e. The third kappa shape index (κ3) is 5.02. The number of unbranched alkanes of at least 4 members (excludes halogenated alkanes) is 1. The molecule has 1 aromatic rings. The predicted molar refractivity (Wildman–Crippen MR) is 85.6 cm³/mol. The van der Waals surface area contributed by atoms with E-state index in [0.717, 1.165) is 58.8 Å². The van der Waals surface area contributed by atoms with Crippen LogP contribution in [0.25, 0.3) is 0 Å². The zero-order valence-corrected chi connectivity index (χ0v) is 12.8. The Kier molecular flexibility index (Phi) is 6.49. The van der Waals surface area contributed by atoms with E-state index >= 15 is 0 Å². The highest BCUT2D eigenvalue weighted by atomic mass is 16.5. The normalized spacial score (nSPS) is 15.9. The van der Waals surface area contributed by atoms with Gasteiger partial charge < -0.3 is 21.1 Å². The molecule has 0 saturated carbocycles. The zero-order valence-electron chi connectivity index (χ0n) is 12.8. The van der Waals surface area contributed by atoms with Crippen molar-refractivity contribution in [1.29, 1.82) is 0 Å². The standard InChI is InChI=1S/C14H26N6O/c1-2-3-4-16-13-12(15)14(19-11-18-13)17-5-6-20-7-9-21-10-8-20/h11H,2-10,15H2,1H3,(H2,16,17,18,19).